The third-order valence-electron chi connectivity index (χ3n) is 3.55. The molecule has 1 saturated heterocycles. The van der Waals surface area contributed by atoms with Crippen LogP contribution in [0.3, 0.4) is 0 Å². The molecule has 22 heavy (non-hydrogen) atoms. The highest BCUT2D eigenvalue weighted by Gasteiger charge is 2.46. The van der Waals surface area contributed by atoms with Crippen LogP contribution in [-0.2, 0) is 6.54 Å². The molecule has 0 spiro atoms. The van der Waals surface area contributed by atoms with Crippen molar-refractivity contribution in [2.24, 2.45) is 0 Å². The highest BCUT2D eigenvalue weighted by atomic mass is 19.3. The normalized spacial score (nSPS) is 20.0. The Morgan fingerprint density at radius 3 is 2.91 bits per heavy atom. The molecular formula is C15H20F2N2O3. The van der Waals surface area contributed by atoms with E-state index in [1.165, 1.54) is 0 Å². The summed E-state index contributed by atoms with van der Waals surface area (Å²) in [5.74, 6) is -2.30. The van der Waals surface area contributed by atoms with Crippen molar-refractivity contribution in [2.75, 3.05) is 19.8 Å². The van der Waals surface area contributed by atoms with Crippen molar-refractivity contribution in [2.45, 2.75) is 31.9 Å². The molecule has 2 amide bonds. The van der Waals surface area contributed by atoms with E-state index in [0.717, 1.165) is 10.5 Å². The first-order valence-electron chi connectivity index (χ1n) is 7.20. The molecule has 0 aliphatic carbocycles. The first-order valence-corrected chi connectivity index (χ1v) is 7.20. The second kappa shape index (κ2) is 6.91. The Kier molecular flexibility index (Phi) is 5.18. The number of benzene rings is 1. The molecule has 1 aromatic carbocycles. The van der Waals surface area contributed by atoms with Gasteiger partial charge in [0.15, 0.2) is 0 Å². The number of para-hydroxylation sites is 1. The van der Waals surface area contributed by atoms with Crippen LogP contribution >= 0.6 is 0 Å². The lowest BCUT2D eigenvalue weighted by Gasteiger charge is -2.23. The maximum absolute atomic E-state index is 13.4. The molecule has 1 aromatic rings. The highest BCUT2D eigenvalue weighted by molar-refractivity contribution is 5.75. The van der Waals surface area contributed by atoms with E-state index in [1.807, 2.05) is 19.1 Å². The predicted octanol–water partition coefficient (Wildman–Crippen LogP) is 2.00. The smallest absolute Gasteiger partial charge is 0.318 e. The number of hydrogen-bond donors (Lipinski definition) is 2. The van der Waals surface area contributed by atoms with Crippen molar-refractivity contribution in [1.29, 1.82) is 0 Å². The number of nitrogens with one attached hydrogen (secondary N) is 1. The van der Waals surface area contributed by atoms with Crippen LogP contribution in [0.15, 0.2) is 24.3 Å². The zero-order chi connectivity index (χ0) is 16.2. The van der Waals surface area contributed by atoms with Gasteiger partial charge in [0, 0.05) is 18.5 Å². The van der Waals surface area contributed by atoms with Crippen molar-refractivity contribution >= 4 is 6.03 Å². The van der Waals surface area contributed by atoms with Gasteiger partial charge in [-0.3, -0.25) is 0 Å². The number of ether oxygens (including phenoxy) is 1. The Hall–Kier alpha value is -1.89. The van der Waals surface area contributed by atoms with E-state index in [1.54, 1.807) is 12.1 Å². The van der Waals surface area contributed by atoms with Crippen molar-refractivity contribution in [3.8, 4) is 5.75 Å². The summed E-state index contributed by atoms with van der Waals surface area (Å²) in [7, 11) is 0. The number of carbonyl (C=O) groups is 1. The summed E-state index contributed by atoms with van der Waals surface area (Å²) in [4.78, 5) is 13.1. The average molecular weight is 314 g/mol. The summed E-state index contributed by atoms with van der Waals surface area (Å²) >= 11 is 0. The molecule has 0 saturated carbocycles. The number of aliphatic hydroxyl groups excluding tert-OH is 1. The summed E-state index contributed by atoms with van der Waals surface area (Å²) < 4.78 is 32.2. The van der Waals surface area contributed by atoms with Gasteiger partial charge in [0.25, 0.3) is 5.92 Å². The number of halogens is 2. The predicted molar refractivity (Wildman–Crippen MR) is 77.0 cm³/mol. The van der Waals surface area contributed by atoms with Crippen molar-refractivity contribution in [3.63, 3.8) is 0 Å². The second-order valence-corrected chi connectivity index (χ2v) is 5.22. The first-order chi connectivity index (χ1) is 10.5. The molecule has 2 rings (SSSR count). The van der Waals surface area contributed by atoms with Crippen LogP contribution in [0, 0.1) is 0 Å². The number of urea groups is 1. The minimum Gasteiger partial charge on any atom is -0.494 e. The molecule has 1 aliphatic rings. The molecule has 1 aliphatic heterocycles. The number of alkyl halides is 2. The van der Waals surface area contributed by atoms with Crippen LogP contribution < -0.4 is 10.1 Å². The van der Waals surface area contributed by atoms with Crippen molar-refractivity contribution in [3.05, 3.63) is 29.8 Å². The van der Waals surface area contributed by atoms with E-state index in [2.05, 4.69) is 5.32 Å². The van der Waals surface area contributed by atoms with Gasteiger partial charge in [0.2, 0.25) is 0 Å². The lowest BCUT2D eigenvalue weighted by atomic mass is 10.2. The Morgan fingerprint density at radius 2 is 2.23 bits per heavy atom. The number of rotatable bonds is 5. The summed E-state index contributed by atoms with van der Waals surface area (Å²) in [5, 5.41) is 11.7. The van der Waals surface area contributed by atoms with Crippen LogP contribution in [0.25, 0.3) is 0 Å². The Balaban J connectivity index is 1.98. The van der Waals surface area contributed by atoms with Crippen LogP contribution in [-0.4, -0.2) is 47.8 Å². The van der Waals surface area contributed by atoms with Gasteiger partial charge in [-0.25, -0.2) is 13.6 Å². The summed E-state index contributed by atoms with van der Waals surface area (Å²) in [6.07, 6.45) is -0.507. The maximum Gasteiger partial charge on any atom is 0.318 e. The second-order valence-electron chi connectivity index (χ2n) is 5.22. The van der Waals surface area contributed by atoms with E-state index < -0.39 is 37.6 Å². The molecule has 0 radical (unpaired) electrons. The zero-order valence-electron chi connectivity index (χ0n) is 12.4. The fourth-order valence-electron chi connectivity index (χ4n) is 2.52. The monoisotopic (exact) mass is 314 g/mol. The van der Waals surface area contributed by atoms with Gasteiger partial charge in [-0.1, -0.05) is 18.2 Å². The van der Waals surface area contributed by atoms with E-state index in [4.69, 9.17) is 9.84 Å². The molecule has 2 N–H and O–H groups in total. The quantitative estimate of drug-likeness (QED) is 0.874. The molecule has 0 bridgehead atoms. The van der Waals surface area contributed by atoms with E-state index in [9.17, 15) is 13.6 Å². The minimum atomic E-state index is -2.95. The molecular weight excluding hydrogens is 294 g/mol. The first kappa shape index (κ1) is 16.5. The van der Waals surface area contributed by atoms with Gasteiger partial charge in [-0.15, -0.1) is 0 Å². The maximum atomic E-state index is 13.4. The van der Waals surface area contributed by atoms with Crippen molar-refractivity contribution in [1.82, 2.24) is 10.2 Å². The number of likely N-dealkylation sites (tertiary alicyclic amines) is 1. The summed E-state index contributed by atoms with van der Waals surface area (Å²) in [5.41, 5.74) is 0.768. The number of nitrogens with zero attached hydrogens (tertiary/aromatic N) is 1. The molecule has 5 nitrogen and oxygen atoms in total. The van der Waals surface area contributed by atoms with Gasteiger partial charge in [-0.2, -0.15) is 0 Å². The molecule has 1 atom stereocenters. The number of aliphatic hydroxyl groups is 1. The van der Waals surface area contributed by atoms with Crippen LogP contribution in [0.5, 0.6) is 5.75 Å². The van der Waals surface area contributed by atoms with E-state index in [0.29, 0.717) is 12.4 Å². The Bertz CT molecular complexity index is 525. The molecule has 1 heterocycles. The molecule has 1 unspecified atom stereocenters. The fraction of sp³-hybridized carbons (Fsp3) is 0.533. The molecule has 7 heteroatoms. The van der Waals surface area contributed by atoms with Gasteiger partial charge >= 0.3 is 6.03 Å². The fourth-order valence-corrected chi connectivity index (χ4v) is 2.52. The van der Waals surface area contributed by atoms with E-state index in [-0.39, 0.29) is 6.54 Å². The standard InChI is InChI=1S/C15H20F2N2O3/c1-2-22-13-6-4-3-5-11(13)8-18-14(21)19-10-15(16,17)7-12(19)9-20/h3-6,12,20H,2,7-10H2,1H3,(H,18,21). The zero-order valence-corrected chi connectivity index (χ0v) is 12.4. The summed E-state index contributed by atoms with van der Waals surface area (Å²) in [6.45, 7) is 1.38. The molecule has 122 valence electrons. The molecule has 0 aromatic heterocycles. The number of hydrogen-bond acceptors (Lipinski definition) is 3. The van der Waals surface area contributed by atoms with Crippen LogP contribution in [0.4, 0.5) is 13.6 Å². The largest absolute Gasteiger partial charge is 0.494 e. The third kappa shape index (κ3) is 3.85. The van der Waals surface area contributed by atoms with Gasteiger partial charge < -0.3 is 20.1 Å². The summed E-state index contributed by atoms with van der Waals surface area (Å²) in [6, 6.07) is 5.75. The average Bonchev–Trinajstić information content (AvgIpc) is 2.81. The lowest BCUT2D eigenvalue weighted by molar-refractivity contribution is 0.0141. The Morgan fingerprint density at radius 1 is 1.50 bits per heavy atom. The van der Waals surface area contributed by atoms with Gasteiger partial charge in [0.05, 0.1) is 25.8 Å². The number of carbonyl (C=O) groups excluding carboxylic acids is 1. The topological polar surface area (TPSA) is 61.8 Å². The van der Waals surface area contributed by atoms with Crippen LogP contribution in [0.2, 0.25) is 0 Å². The Labute approximate surface area is 127 Å². The van der Waals surface area contributed by atoms with Crippen molar-refractivity contribution < 1.29 is 23.4 Å². The third-order valence-corrected chi connectivity index (χ3v) is 3.55. The molecule has 1 fully saturated rings. The minimum absolute atomic E-state index is 0.176. The van der Waals surface area contributed by atoms with Crippen LogP contribution in [0.1, 0.15) is 18.9 Å². The van der Waals surface area contributed by atoms with E-state index >= 15 is 0 Å². The SMILES string of the molecule is CCOc1ccccc1CNC(=O)N1CC(F)(F)CC1CO. The van der Waals surface area contributed by atoms with Gasteiger partial charge in [-0.05, 0) is 13.0 Å². The lowest BCUT2D eigenvalue weighted by Crippen LogP contribution is -2.44. The highest BCUT2D eigenvalue weighted by Crippen LogP contribution is 2.31. The number of amides is 2. The van der Waals surface area contributed by atoms with Gasteiger partial charge in [0.1, 0.15) is 5.75 Å².